The van der Waals surface area contributed by atoms with E-state index in [0.29, 0.717) is 5.82 Å². The van der Waals surface area contributed by atoms with E-state index in [2.05, 4.69) is 10.2 Å². The molecule has 0 aliphatic heterocycles. The molecule has 0 aliphatic rings. The maximum atomic E-state index is 11.4. The molecule has 2 N–H and O–H groups in total. The number of primary sulfonamides is 1. The van der Waals surface area contributed by atoms with Crippen molar-refractivity contribution in [2.24, 2.45) is 5.14 Å². The molecular formula is C9H18N4O2S. The average Bonchev–Trinajstić information content (AvgIpc) is 2.43. The van der Waals surface area contributed by atoms with Crippen molar-refractivity contribution in [2.75, 3.05) is 0 Å². The lowest BCUT2D eigenvalue weighted by molar-refractivity contribution is 0.444. The van der Waals surface area contributed by atoms with E-state index in [-0.39, 0.29) is 16.6 Å². The van der Waals surface area contributed by atoms with Gasteiger partial charge in [0.05, 0.1) is 0 Å². The second-order valence-corrected chi connectivity index (χ2v) is 6.52. The zero-order valence-corrected chi connectivity index (χ0v) is 11.0. The SMILES string of the molecule is CC(C)n1c(C(C)(C)C)nnc1S(N)(=O)=O. The molecule has 0 atom stereocenters. The van der Waals surface area contributed by atoms with Crippen molar-refractivity contribution in [1.82, 2.24) is 14.8 Å². The van der Waals surface area contributed by atoms with Crippen LogP contribution in [0.25, 0.3) is 0 Å². The Morgan fingerprint density at radius 3 is 2.06 bits per heavy atom. The highest BCUT2D eigenvalue weighted by Crippen LogP contribution is 2.25. The van der Waals surface area contributed by atoms with Crippen LogP contribution in [-0.4, -0.2) is 23.2 Å². The third-order valence-electron chi connectivity index (χ3n) is 2.11. The number of nitrogens with zero attached hydrogens (tertiary/aromatic N) is 3. The first-order chi connectivity index (χ1) is 7.05. The molecule has 0 bridgehead atoms. The van der Waals surface area contributed by atoms with Crippen molar-refractivity contribution in [3.63, 3.8) is 0 Å². The lowest BCUT2D eigenvalue weighted by Crippen LogP contribution is -2.24. The van der Waals surface area contributed by atoms with Gasteiger partial charge in [0.2, 0.25) is 0 Å². The molecule has 7 heteroatoms. The summed E-state index contributed by atoms with van der Waals surface area (Å²) in [7, 11) is -3.83. The highest BCUT2D eigenvalue weighted by atomic mass is 32.2. The van der Waals surface area contributed by atoms with Gasteiger partial charge >= 0.3 is 0 Å². The van der Waals surface area contributed by atoms with Gasteiger partial charge in [-0.05, 0) is 13.8 Å². The number of hydrogen-bond acceptors (Lipinski definition) is 4. The Kier molecular flexibility index (Phi) is 3.13. The minimum absolute atomic E-state index is 0.0578. The first-order valence-electron chi connectivity index (χ1n) is 5.03. The summed E-state index contributed by atoms with van der Waals surface area (Å²) in [5.41, 5.74) is -0.278. The molecule has 0 aliphatic carbocycles. The van der Waals surface area contributed by atoms with Gasteiger partial charge in [-0.15, -0.1) is 10.2 Å². The number of hydrogen-bond donors (Lipinski definition) is 1. The highest BCUT2D eigenvalue weighted by molar-refractivity contribution is 7.89. The van der Waals surface area contributed by atoms with Gasteiger partial charge in [-0.25, -0.2) is 13.6 Å². The van der Waals surface area contributed by atoms with E-state index in [0.717, 1.165) is 0 Å². The Morgan fingerprint density at radius 1 is 1.25 bits per heavy atom. The summed E-state index contributed by atoms with van der Waals surface area (Å²) in [6.45, 7) is 9.58. The molecule has 1 heterocycles. The third-order valence-corrected chi connectivity index (χ3v) is 2.89. The van der Waals surface area contributed by atoms with Crippen LogP contribution in [-0.2, 0) is 15.4 Å². The molecule has 0 radical (unpaired) electrons. The summed E-state index contributed by atoms with van der Waals surface area (Å²) >= 11 is 0. The molecule has 92 valence electrons. The Labute approximate surface area is 95.9 Å². The summed E-state index contributed by atoms with van der Waals surface area (Å²) in [5, 5.41) is 12.5. The van der Waals surface area contributed by atoms with Crippen LogP contribution in [0.1, 0.15) is 46.5 Å². The molecule has 0 unspecified atom stereocenters. The molecule has 0 saturated heterocycles. The molecular weight excluding hydrogens is 228 g/mol. The fourth-order valence-electron chi connectivity index (χ4n) is 1.45. The molecule has 1 rings (SSSR count). The van der Waals surface area contributed by atoms with Gasteiger partial charge < -0.3 is 0 Å². The van der Waals surface area contributed by atoms with Gasteiger partial charge in [0.15, 0.2) is 0 Å². The predicted molar refractivity (Wildman–Crippen MR) is 60.5 cm³/mol. The zero-order valence-electron chi connectivity index (χ0n) is 10.2. The first-order valence-corrected chi connectivity index (χ1v) is 6.58. The molecule has 0 spiro atoms. The van der Waals surface area contributed by atoms with Gasteiger partial charge in [0.25, 0.3) is 15.2 Å². The summed E-state index contributed by atoms with van der Waals surface area (Å²) in [6.07, 6.45) is 0. The van der Waals surface area contributed by atoms with Gasteiger partial charge in [-0.1, -0.05) is 20.8 Å². The number of aromatic nitrogens is 3. The van der Waals surface area contributed by atoms with Crippen molar-refractivity contribution in [1.29, 1.82) is 0 Å². The molecule has 16 heavy (non-hydrogen) atoms. The fourth-order valence-corrected chi connectivity index (χ4v) is 2.17. The van der Waals surface area contributed by atoms with Crippen molar-refractivity contribution >= 4 is 10.0 Å². The lowest BCUT2D eigenvalue weighted by atomic mass is 9.95. The molecule has 1 aromatic rings. The van der Waals surface area contributed by atoms with E-state index in [1.165, 1.54) is 0 Å². The third kappa shape index (κ3) is 2.41. The molecule has 0 aromatic carbocycles. The Balaban J connectivity index is 3.53. The van der Waals surface area contributed by atoms with Crippen LogP contribution in [0, 0.1) is 0 Å². The minimum Gasteiger partial charge on any atom is -0.298 e. The maximum Gasteiger partial charge on any atom is 0.273 e. The van der Waals surface area contributed by atoms with Crippen LogP contribution in [0.15, 0.2) is 5.16 Å². The maximum absolute atomic E-state index is 11.4. The largest absolute Gasteiger partial charge is 0.298 e. The fraction of sp³-hybridized carbons (Fsp3) is 0.778. The van der Waals surface area contributed by atoms with Crippen LogP contribution in [0.2, 0.25) is 0 Å². The smallest absolute Gasteiger partial charge is 0.273 e. The van der Waals surface area contributed by atoms with Gasteiger partial charge in [-0.3, -0.25) is 4.57 Å². The monoisotopic (exact) mass is 246 g/mol. The van der Waals surface area contributed by atoms with Crippen LogP contribution >= 0.6 is 0 Å². The summed E-state index contributed by atoms with van der Waals surface area (Å²) < 4.78 is 24.3. The first kappa shape index (κ1) is 13.1. The number of rotatable bonds is 2. The van der Waals surface area contributed by atoms with Crippen molar-refractivity contribution < 1.29 is 8.42 Å². The topological polar surface area (TPSA) is 90.9 Å². The lowest BCUT2D eigenvalue weighted by Gasteiger charge is -2.21. The second-order valence-electron chi connectivity index (χ2n) is 5.06. The van der Waals surface area contributed by atoms with E-state index < -0.39 is 10.0 Å². The van der Waals surface area contributed by atoms with Crippen molar-refractivity contribution in [3.05, 3.63) is 5.82 Å². The van der Waals surface area contributed by atoms with Crippen LogP contribution < -0.4 is 5.14 Å². The van der Waals surface area contributed by atoms with Crippen LogP contribution in [0.4, 0.5) is 0 Å². The van der Waals surface area contributed by atoms with E-state index in [1.807, 2.05) is 34.6 Å². The summed E-state index contributed by atoms with van der Waals surface area (Å²) in [4.78, 5) is 0. The van der Waals surface area contributed by atoms with E-state index in [1.54, 1.807) is 4.57 Å². The Bertz CT molecular complexity index is 482. The van der Waals surface area contributed by atoms with E-state index in [9.17, 15) is 8.42 Å². The molecule has 0 saturated carbocycles. The van der Waals surface area contributed by atoms with Gasteiger partial charge in [0, 0.05) is 11.5 Å². The predicted octanol–water partition coefficient (Wildman–Crippen LogP) is 0.804. The molecule has 6 nitrogen and oxygen atoms in total. The van der Waals surface area contributed by atoms with Crippen molar-refractivity contribution in [2.45, 2.75) is 51.2 Å². The highest BCUT2D eigenvalue weighted by Gasteiger charge is 2.29. The quantitative estimate of drug-likeness (QED) is 0.835. The summed E-state index contributed by atoms with van der Waals surface area (Å²) in [5.74, 6) is 0.617. The second kappa shape index (κ2) is 3.81. The van der Waals surface area contributed by atoms with E-state index >= 15 is 0 Å². The van der Waals surface area contributed by atoms with E-state index in [4.69, 9.17) is 5.14 Å². The van der Waals surface area contributed by atoms with Crippen LogP contribution in [0.5, 0.6) is 0 Å². The number of nitrogens with two attached hydrogens (primary N) is 1. The van der Waals surface area contributed by atoms with Gasteiger partial charge in [-0.2, -0.15) is 0 Å². The Hall–Kier alpha value is -0.950. The number of sulfonamides is 1. The van der Waals surface area contributed by atoms with Gasteiger partial charge in [0.1, 0.15) is 5.82 Å². The van der Waals surface area contributed by atoms with Crippen LogP contribution in [0.3, 0.4) is 0 Å². The average molecular weight is 246 g/mol. The molecule has 0 amide bonds. The zero-order chi connectivity index (χ0) is 12.7. The normalized spacial score (nSPS) is 13.4. The minimum atomic E-state index is -3.83. The summed E-state index contributed by atoms with van der Waals surface area (Å²) in [6, 6.07) is -0.0578. The Morgan fingerprint density at radius 2 is 1.75 bits per heavy atom. The molecule has 1 aromatic heterocycles. The molecule has 0 fully saturated rings. The standard InChI is InChI=1S/C9H18N4O2S/c1-6(2)13-7(9(3,4)5)11-12-8(13)16(10,14)15/h6H,1-5H3,(H2,10,14,15). The van der Waals surface area contributed by atoms with Crippen molar-refractivity contribution in [3.8, 4) is 0 Å².